The number of nitrogens with zero attached hydrogens (tertiary/aromatic N) is 2. The highest BCUT2D eigenvalue weighted by molar-refractivity contribution is 6.31. The maximum atomic E-state index is 12.5. The second kappa shape index (κ2) is 7.34. The molecule has 1 aromatic rings. The summed E-state index contributed by atoms with van der Waals surface area (Å²) in [4.78, 5) is 25.7. The van der Waals surface area contributed by atoms with Crippen LogP contribution in [0.25, 0.3) is 0 Å². The maximum absolute atomic E-state index is 12.5. The SMILES string of the molecule is COC(=O)C1=C(Nc2cc(Cl)c(C)cc2C#N)C(=O)N(CCO)C1. The predicted octanol–water partition coefficient (Wildman–Crippen LogP) is 1.19. The largest absolute Gasteiger partial charge is 0.466 e. The molecular weight excluding hydrogens is 334 g/mol. The molecule has 1 aliphatic rings. The van der Waals surface area contributed by atoms with E-state index in [-0.39, 0.29) is 31.0 Å². The summed E-state index contributed by atoms with van der Waals surface area (Å²) in [6.45, 7) is 1.64. The number of anilines is 1. The van der Waals surface area contributed by atoms with Crippen LogP contribution in [0.3, 0.4) is 0 Å². The van der Waals surface area contributed by atoms with Gasteiger partial charge in [-0.15, -0.1) is 0 Å². The van der Waals surface area contributed by atoms with Gasteiger partial charge in [-0.3, -0.25) is 4.79 Å². The Morgan fingerprint density at radius 1 is 1.54 bits per heavy atom. The fourth-order valence-electron chi connectivity index (χ4n) is 2.36. The molecule has 126 valence electrons. The molecule has 0 saturated carbocycles. The molecule has 2 rings (SSSR count). The van der Waals surface area contributed by atoms with E-state index >= 15 is 0 Å². The Balaban J connectivity index is 2.45. The Kier molecular flexibility index (Phi) is 5.44. The van der Waals surface area contributed by atoms with Crippen LogP contribution in [-0.4, -0.2) is 48.7 Å². The molecule has 0 aromatic heterocycles. The van der Waals surface area contributed by atoms with Crippen molar-refractivity contribution in [1.29, 1.82) is 5.26 Å². The predicted molar refractivity (Wildman–Crippen MR) is 87.2 cm³/mol. The Morgan fingerprint density at radius 2 is 2.25 bits per heavy atom. The molecule has 0 fully saturated rings. The van der Waals surface area contributed by atoms with Crippen LogP contribution in [0.5, 0.6) is 0 Å². The van der Waals surface area contributed by atoms with Gasteiger partial charge in [0.05, 0.1) is 37.1 Å². The normalized spacial score (nSPS) is 14.0. The molecule has 7 nitrogen and oxygen atoms in total. The molecule has 1 aliphatic heterocycles. The number of rotatable bonds is 5. The Bertz CT molecular complexity index is 767. The molecule has 0 atom stereocenters. The Labute approximate surface area is 144 Å². The molecule has 0 radical (unpaired) electrons. The molecular formula is C16H16ClN3O4. The summed E-state index contributed by atoms with van der Waals surface area (Å²) in [5.74, 6) is -1.10. The van der Waals surface area contributed by atoms with Gasteiger partial charge in [0.2, 0.25) is 0 Å². The number of benzene rings is 1. The summed E-state index contributed by atoms with van der Waals surface area (Å²) in [5.41, 5.74) is 1.49. The van der Waals surface area contributed by atoms with E-state index in [9.17, 15) is 14.9 Å². The van der Waals surface area contributed by atoms with Crippen LogP contribution in [0, 0.1) is 18.3 Å². The third kappa shape index (κ3) is 3.35. The first kappa shape index (κ1) is 17.8. The van der Waals surface area contributed by atoms with Crippen LogP contribution in [0.15, 0.2) is 23.4 Å². The number of nitriles is 1. The van der Waals surface area contributed by atoms with Crippen molar-refractivity contribution in [1.82, 2.24) is 4.90 Å². The number of hydrogen-bond donors (Lipinski definition) is 2. The number of aryl methyl sites for hydroxylation is 1. The molecule has 1 amide bonds. The van der Waals surface area contributed by atoms with Gasteiger partial charge in [0, 0.05) is 11.6 Å². The summed E-state index contributed by atoms with van der Waals surface area (Å²) < 4.78 is 4.71. The highest BCUT2D eigenvalue weighted by atomic mass is 35.5. The van der Waals surface area contributed by atoms with Gasteiger partial charge in [-0.2, -0.15) is 5.26 Å². The topological polar surface area (TPSA) is 103 Å². The zero-order valence-electron chi connectivity index (χ0n) is 13.2. The fourth-order valence-corrected chi connectivity index (χ4v) is 2.52. The Hall–Kier alpha value is -2.56. The van der Waals surface area contributed by atoms with Crippen molar-refractivity contribution >= 4 is 29.2 Å². The van der Waals surface area contributed by atoms with E-state index in [4.69, 9.17) is 21.4 Å². The zero-order valence-corrected chi connectivity index (χ0v) is 14.0. The average molecular weight is 350 g/mol. The number of halogens is 1. The van der Waals surface area contributed by atoms with Crippen LogP contribution >= 0.6 is 11.6 Å². The number of nitrogens with one attached hydrogen (secondary N) is 1. The summed E-state index contributed by atoms with van der Waals surface area (Å²) >= 11 is 6.08. The first-order chi connectivity index (χ1) is 11.4. The van der Waals surface area contributed by atoms with E-state index in [0.29, 0.717) is 16.3 Å². The second-order valence-corrected chi connectivity index (χ2v) is 5.59. The number of esters is 1. The third-order valence-corrected chi connectivity index (χ3v) is 4.04. The smallest absolute Gasteiger partial charge is 0.337 e. The van der Waals surface area contributed by atoms with E-state index in [1.54, 1.807) is 13.0 Å². The molecule has 0 aliphatic carbocycles. The number of ether oxygens (including phenoxy) is 1. The number of carbonyl (C=O) groups excluding carboxylic acids is 2. The van der Waals surface area contributed by atoms with Gasteiger partial charge < -0.3 is 20.1 Å². The van der Waals surface area contributed by atoms with Gasteiger partial charge in [-0.05, 0) is 24.6 Å². The van der Waals surface area contributed by atoms with E-state index in [2.05, 4.69) is 5.32 Å². The summed E-state index contributed by atoms with van der Waals surface area (Å²) in [6.07, 6.45) is 0. The first-order valence-electron chi connectivity index (χ1n) is 7.11. The van der Waals surface area contributed by atoms with E-state index in [0.717, 1.165) is 5.56 Å². The first-order valence-corrected chi connectivity index (χ1v) is 7.49. The van der Waals surface area contributed by atoms with Crippen molar-refractivity contribution in [3.05, 3.63) is 39.6 Å². The van der Waals surface area contributed by atoms with Crippen molar-refractivity contribution in [2.24, 2.45) is 0 Å². The van der Waals surface area contributed by atoms with Crippen LogP contribution in [0.1, 0.15) is 11.1 Å². The van der Waals surface area contributed by atoms with Crippen LogP contribution in [0.2, 0.25) is 5.02 Å². The van der Waals surface area contributed by atoms with Crippen molar-refractivity contribution in [2.45, 2.75) is 6.92 Å². The summed E-state index contributed by atoms with van der Waals surface area (Å²) in [5, 5.41) is 21.6. The molecule has 24 heavy (non-hydrogen) atoms. The standard InChI is InChI=1S/C16H16ClN3O4/c1-9-5-10(7-18)13(6-12(9)17)19-14-11(16(23)24-2)8-20(3-4-21)15(14)22/h5-6,19,21H,3-4,8H2,1-2H3. The number of β-amino-alcohol motifs (C(OH)–C–C–N with tert-alkyl or cyclic N) is 1. The number of hydrogen-bond acceptors (Lipinski definition) is 6. The number of carbonyl (C=O) groups is 2. The van der Waals surface area contributed by atoms with Crippen LogP contribution < -0.4 is 5.32 Å². The number of aliphatic hydroxyl groups excluding tert-OH is 1. The lowest BCUT2D eigenvalue weighted by Gasteiger charge is -2.15. The van der Waals surface area contributed by atoms with Gasteiger partial charge in [-0.25, -0.2) is 4.79 Å². The fraction of sp³-hybridized carbons (Fsp3) is 0.312. The molecule has 0 bridgehead atoms. The van der Waals surface area contributed by atoms with Crippen molar-refractivity contribution < 1.29 is 19.4 Å². The van der Waals surface area contributed by atoms with Gasteiger partial charge >= 0.3 is 5.97 Å². The number of amides is 1. The van der Waals surface area contributed by atoms with Gasteiger partial charge in [0.1, 0.15) is 11.8 Å². The van der Waals surface area contributed by atoms with Crippen molar-refractivity contribution in [3.8, 4) is 6.07 Å². The maximum Gasteiger partial charge on any atom is 0.337 e. The molecule has 1 aromatic carbocycles. The summed E-state index contributed by atoms with van der Waals surface area (Å²) in [7, 11) is 1.22. The van der Waals surface area contributed by atoms with E-state index in [1.165, 1.54) is 18.1 Å². The highest BCUT2D eigenvalue weighted by Crippen LogP contribution is 2.28. The second-order valence-electron chi connectivity index (χ2n) is 5.18. The third-order valence-electron chi connectivity index (χ3n) is 3.63. The average Bonchev–Trinajstić information content (AvgIpc) is 2.87. The summed E-state index contributed by atoms with van der Waals surface area (Å²) in [6, 6.07) is 5.14. The lowest BCUT2D eigenvalue weighted by molar-refractivity contribution is -0.136. The van der Waals surface area contributed by atoms with Gasteiger partial charge in [-0.1, -0.05) is 11.6 Å². The minimum atomic E-state index is -0.650. The van der Waals surface area contributed by atoms with Gasteiger partial charge in [0.25, 0.3) is 5.91 Å². The van der Waals surface area contributed by atoms with Crippen LogP contribution in [-0.2, 0) is 14.3 Å². The van der Waals surface area contributed by atoms with Crippen molar-refractivity contribution in [3.63, 3.8) is 0 Å². The van der Waals surface area contributed by atoms with E-state index in [1.807, 2.05) is 6.07 Å². The minimum absolute atomic E-state index is 0.0201. The quantitative estimate of drug-likeness (QED) is 0.774. The van der Waals surface area contributed by atoms with E-state index < -0.39 is 11.9 Å². The molecule has 0 saturated heterocycles. The highest BCUT2D eigenvalue weighted by Gasteiger charge is 2.34. The zero-order chi connectivity index (χ0) is 17.9. The molecule has 0 unspecified atom stereocenters. The lowest BCUT2D eigenvalue weighted by Crippen LogP contribution is -2.31. The number of methoxy groups -OCH3 is 1. The van der Waals surface area contributed by atoms with Gasteiger partial charge in [0.15, 0.2) is 0 Å². The monoisotopic (exact) mass is 349 g/mol. The Morgan fingerprint density at radius 3 is 2.83 bits per heavy atom. The van der Waals surface area contributed by atoms with Crippen LogP contribution in [0.4, 0.5) is 5.69 Å². The lowest BCUT2D eigenvalue weighted by atomic mass is 10.1. The van der Waals surface area contributed by atoms with Crippen molar-refractivity contribution in [2.75, 3.05) is 32.1 Å². The molecule has 0 spiro atoms. The minimum Gasteiger partial charge on any atom is -0.466 e. The molecule has 2 N–H and O–H groups in total. The molecule has 8 heteroatoms. The number of aliphatic hydroxyl groups is 1. The molecule has 1 heterocycles.